The maximum absolute atomic E-state index is 12.6. The molecule has 0 aliphatic rings. The smallest absolute Gasteiger partial charge is 0.240 e. The van der Waals surface area contributed by atoms with E-state index in [1.54, 1.807) is 11.1 Å². The van der Waals surface area contributed by atoms with E-state index in [0.29, 0.717) is 6.54 Å². The number of nitrogens with one attached hydrogen (secondary N) is 1. The Balaban J connectivity index is 2.04. The van der Waals surface area contributed by atoms with Gasteiger partial charge in [0.2, 0.25) is 11.8 Å². The van der Waals surface area contributed by atoms with Gasteiger partial charge in [-0.05, 0) is 58.7 Å². The van der Waals surface area contributed by atoms with E-state index in [9.17, 15) is 9.59 Å². The summed E-state index contributed by atoms with van der Waals surface area (Å²) >= 11 is 1.38. The molecule has 0 unspecified atom stereocenters. The molecule has 152 valence electrons. The highest BCUT2D eigenvalue weighted by Gasteiger charge is 2.20. The Hall–Kier alpha value is -2.28. The van der Waals surface area contributed by atoms with Crippen molar-refractivity contribution in [1.82, 2.24) is 19.8 Å². The van der Waals surface area contributed by atoms with Crippen molar-refractivity contribution < 1.29 is 9.59 Å². The summed E-state index contributed by atoms with van der Waals surface area (Å²) in [6.07, 6.45) is 3.64. The van der Waals surface area contributed by atoms with Gasteiger partial charge in [0.25, 0.3) is 0 Å². The first kappa shape index (κ1) is 22.0. The molecule has 0 aliphatic carbocycles. The molecule has 2 rings (SSSR count). The molecule has 6 nitrogen and oxygen atoms in total. The number of amides is 2. The SMILES string of the molecule is CCN(CC(=O)NC(C)(C)C)C(=O)CSc1nccn1-c1cccc(C)c1C. The third-order valence-corrected chi connectivity index (χ3v) is 5.30. The van der Waals surface area contributed by atoms with Gasteiger partial charge in [-0.15, -0.1) is 0 Å². The van der Waals surface area contributed by atoms with Crippen LogP contribution in [-0.4, -0.2) is 50.6 Å². The summed E-state index contributed by atoms with van der Waals surface area (Å²) in [5.74, 6) is 0.00932. The molecule has 0 radical (unpaired) electrons. The van der Waals surface area contributed by atoms with Crippen molar-refractivity contribution in [3.63, 3.8) is 0 Å². The Morgan fingerprint density at radius 3 is 2.61 bits per heavy atom. The summed E-state index contributed by atoms with van der Waals surface area (Å²) < 4.78 is 2.00. The highest BCUT2D eigenvalue weighted by molar-refractivity contribution is 7.99. The van der Waals surface area contributed by atoms with Gasteiger partial charge in [0, 0.05) is 24.5 Å². The van der Waals surface area contributed by atoms with Crippen LogP contribution in [0.3, 0.4) is 0 Å². The molecule has 28 heavy (non-hydrogen) atoms. The third kappa shape index (κ3) is 5.86. The number of hydrogen-bond acceptors (Lipinski definition) is 4. The van der Waals surface area contributed by atoms with Gasteiger partial charge >= 0.3 is 0 Å². The molecule has 0 spiro atoms. The van der Waals surface area contributed by atoms with Crippen LogP contribution in [0.2, 0.25) is 0 Å². The minimum Gasteiger partial charge on any atom is -0.350 e. The molecule has 1 aromatic heterocycles. The summed E-state index contributed by atoms with van der Waals surface area (Å²) in [6.45, 7) is 12.4. The molecular weight excluding hydrogens is 372 g/mol. The van der Waals surface area contributed by atoms with Gasteiger partial charge in [-0.25, -0.2) is 4.98 Å². The zero-order valence-corrected chi connectivity index (χ0v) is 18.4. The van der Waals surface area contributed by atoms with Crippen LogP contribution in [0.15, 0.2) is 35.7 Å². The quantitative estimate of drug-likeness (QED) is 0.721. The van der Waals surface area contributed by atoms with Crippen LogP contribution in [0.1, 0.15) is 38.8 Å². The second-order valence-corrected chi connectivity index (χ2v) is 8.74. The van der Waals surface area contributed by atoms with E-state index < -0.39 is 0 Å². The number of carbonyl (C=O) groups excluding carboxylic acids is 2. The summed E-state index contributed by atoms with van der Waals surface area (Å²) in [5, 5.41) is 3.66. The van der Waals surface area contributed by atoms with Gasteiger partial charge in [-0.1, -0.05) is 23.9 Å². The summed E-state index contributed by atoms with van der Waals surface area (Å²) in [6, 6.07) is 6.14. The van der Waals surface area contributed by atoms with Gasteiger partial charge in [0.05, 0.1) is 18.0 Å². The van der Waals surface area contributed by atoms with Crippen LogP contribution in [-0.2, 0) is 9.59 Å². The fourth-order valence-electron chi connectivity index (χ4n) is 2.80. The molecule has 1 heterocycles. The maximum Gasteiger partial charge on any atom is 0.240 e. The van der Waals surface area contributed by atoms with Gasteiger partial charge in [-0.3, -0.25) is 14.2 Å². The molecular formula is C21H30N4O2S. The topological polar surface area (TPSA) is 67.2 Å². The van der Waals surface area contributed by atoms with Crippen LogP contribution >= 0.6 is 11.8 Å². The Morgan fingerprint density at radius 2 is 1.96 bits per heavy atom. The van der Waals surface area contributed by atoms with E-state index in [1.807, 2.05) is 50.6 Å². The van der Waals surface area contributed by atoms with E-state index >= 15 is 0 Å². The van der Waals surface area contributed by atoms with E-state index in [2.05, 4.69) is 30.2 Å². The minimum atomic E-state index is -0.315. The monoisotopic (exact) mass is 402 g/mol. The normalized spacial score (nSPS) is 11.4. The number of likely N-dealkylation sites (N-methyl/N-ethyl adjacent to an activating group) is 1. The number of nitrogens with zero attached hydrogens (tertiary/aromatic N) is 3. The van der Waals surface area contributed by atoms with Crippen molar-refractivity contribution in [2.75, 3.05) is 18.8 Å². The maximum atomic E-state index is 12.6. The number of rotatable bonds is 7. The van der Waals surface area contributed by atoms with Crippen LogP contribution in [0, 0.1) is 13.8 Å². The highest BCUT2D eigenvalue weighted by Crippen LogP contribution is 2.24. The number of thioether (sulfide) groups is 1. The van der Waals surface area contributed by atoms with Crippen molar-refractivity contribution >= 4 is 23.6 Å². The molecule has 2 amide bonds. The number of aryl methyl sites for hydroxylation is 1. The van der Waals surface area contributed by atoms with E-state index in [-0.39, 0.29) is 29.7 Å². The van der Waals surface area contributed by atoms with Gasteiger partial charge in [0.1, 0.15) is 0 Å². The zero-order chi connectivity index (χ0) is 20.9. The number of aromatic nitrogens is 2. The zero-order valence-electron chi connectivity index (χ0n) is 17.6. The molecule has 0 fully saturated rings. The number of benzene rings is 1. The van der Waals surface area contributed by atoms with Crippen molar-refractivity contribution in [1.29, 1.82) is 0 Å². The van der Waals surface area contributed by atoms with Gasteiger partial charge in [-0.2, -0.15) is 0 Å². The number of imidazole rings is 1. The Bertz CT molecular complexity index is 839. The lowest BCUT2D eigenvalue weighted by molar-refractivity contribution is -0.134. The fourth-order valence-corrected chi connectivity index (χ4v) is 3.67. The number of carbonyl (C=O) groups is 2. The van der Waals surface area contributed by atoms with E-state index in [1.165, 1.54) is 22.9 Å². The summed E-state index contributed by atoms with van der Waals surface area (Å²) in [7, 11) is 0. The largest absolute Gasteiger partial charge is 0.350 e. The Kier molecular flexibility index (Phi) is 7.29. The molecule has 1 N–H and O–H groups in total. The van der Waals surface area contributed by atoms with Gasteiger partial charge in [0.15, 0.2) is 5.16 Å². The third-order valence-electron chi connectivity index (χ3n) is 4.35. The average molecular weight is 403 g/mol. The lowest BCUT2D eigenvalue weighted by Crippen LogP contribution is -2.47. The minimum absolute atomic E-state index is 0.0680. The molecule has 0 saturated heterocycles. The first-order valence-corrected chi connectivity index (χ1v) is 10.4. The van der Waals surface area contributed by atoms with Crippen molar-refractivity contribution in [2.24, 2.45) is 0 Å². The van der Waals surface area contributed by atoms with Crippen molar-refractivity contribution in [3.05, 3.63) is 41.7 Å². The van der Waals surface area contributed by atoms with E-state index in [0.717, 1.165) is 10.8 Å². The molecule has 0 atom stereocenters. The molecule has 1 aromatic carbocycles. The van der Waals surface area contributed by atoms with Gasteiger partial charge < -0.3 is 10.2 Å². The summed E-state index contributed by atoms with van der Waals surface area (Å²) in [5.41, 5.74) is 3.14. The highest BCUT2D eigenvalue weighted by atomic mass is 32.2. The van der Waals surface area contributed by atoms with Crippen LogP contribution in [0.4, 0.5) is 0 Å². The lowest BCUT2D eigenvalue weighted by Gasteiger charge is -2.25. The standard InChI is InChI=1S/C21H30N4O2S/c1-7-24(13-18(26)23-21(4,5)6)19(27)14-28-20-22-11-12-25(20)17-10-8-9-15(2)16(17)3/h8-12H,7,13-14H2,1-6H3,(H,23,26). The first-order chi connectivity index (χ1) is 13.1. The molecule has 0 saturated carbocycles. The molecule has 7 heteroatoms. The van der Waals surface area contributed by atoms with E-state index in [4.69, 9.17) is 0 Å². The predicted molar refractivity (Wildman–Crippen MR) is 114 cm³/mol. The summed E-state index contributed by atoms with van der Waals surface area (Å²) in [4.78, 5) is 30.7. The van der Waals surface area contributed by atoms with Crippen LogP contribution in [0.5, 0.6) is 0 Å². The Morgan fingerprint density at radius 1 is 1.25 bits per heavy atom. The predicted octanol–water partition coefficient (Wildman–Crippen LogP) is 3.34. The average Bonchev–Trinajstić information content (AvgIpc) is 3.06. The second-order valence-electron chi connectivity index (χ2n) is 7.79. The van der Waals surface area contributed by atoms with Crippen LogP contribution in [0.25, 0.3) is 5.69 Å². The van der Waals surface area contributed by atoms with Crippen LogP contribution < -0.4 is 5.32 Å². The lowest BCUT2D eigenvalue weighted by atomic mass is 10.1. The molecule has 0 bridgehead atoms. The molecule has 2 aromatic rings. The Labute approximate surface area is 171 Å². The molecule has 0 aliphatic heterocycles. The van der Waals surface area contributed by atoms with Crippen molar-refractivity contribution in [3.8, 4) is 5.69 Å². The second kappa shape index (κ2) is 9.28. The number of hydrogen-bond donors (Lipinski definition) is 1. The first-order valence-electron chi connectivity index (χ1n) is 9.44. The van der Waals surface area contributed by atoms with Crippen molar-refractivity contribution in [2.45, 2.75) is 52.2 Å². The fraction of sp³-hybridized carbons (Fsp3) is 0.476.